The molecule has 7 nitrogen and oxygen atoms in total. The lowest BCUT2D eigenvalue weighted by atomic mass is 10.3. The van der Waals surface area contributed by atoms with Gasteiger partial charge in [-0.1, -0.05) is 6.92 Å². The second-order valence-corrected chi connectivity index (χ2v) is 5.54. The third kappa shape index (κ3) is 3.22. The molecule has 0 spiro atoms. The first-order chi connectivity index (χ1) is 10.8. The van der Waals surface area contributed by atoms with Gasteiger partial charge in [-0.2, -0.15) is 0 Å². The van der Waals surface area contributed by atoms with E-state index in [0.29, 0.717) is 18.9 Å². The van der Waals surface area contributed by atoms with Gasteiger partial charge in [-0.05, 0) is 11.4 Å². The molecule has 0 saturated heterocycles. The summed E-state index contributed by atoms with van der Waals surface area (Å²) in [5, 5.41) is 8.90. The minimum atomic E-state index is -0.103. The van der Waals surface area contributed by atoms with Crippen molar-refractivity contribution in [2.45, 2.75) is 19.8 Å². The number of fused-ring (bicyclic) bond motifs is 1. The fourth-order valence-electron chi connectivity index (χ4n) is 2.02. The van der Waals surface area contributed by atoms with Crippen molar-refractivity contribution in [1.82, 2.24) is 19.9 Å². The third-order valence-corrected chi connectivity index (χ3v) is 3.89. The molecule has 0 aromatic carbocycles. The summed E-state index contributed by atoms with van der Waals surface area (Å²) in [5.74, 6) is 1.95. The average molecular weight is 316 g/mol. The third-order valence-electron chi connectivity index (χ3n) is 3.09. The molecule has 8 heteroatoms. The van der Waals surface area contributed by atoms with Crippen LogP contribution in [-0.4, -0.2) is 32.4 Å². The van der Waals surface area contributed by atoms with Crippen LogP contribution in [0.2, 0.25) is 0 Å². The summed E-state index contributed by atoms with van der Waals surface area (Å²) in [5.41, 5.74) is 0. The summed E-state index contributed by atoms with van der Waals surface area (Å²) in [6, 6.07) is 1.99. The fourth-order valence-corrected chi connectivity index (χ4v) is 2.80. The summed E-state index contributed by atoms with van der Waals surface area (Å²) < 4.78 is 0. The maximum Gasteiger partial charge on any atom is 0.228 e. The van der Waals surface area contributed by atoms with Crippen molar-refractivity contribution >= 4 is 39.2 Å². The van der Waals surface area contributed by atoms with Crippen LogP contribution in [-0.2, 0) is 11.2 Å². The van der Waals surface area contributed by atoms with E-state index < -0.39 is 0 Å². The molecule has 0 fully saturated rings. The number of amides is 1. The molecule has 3 aromatic heterocycles. The maximum atomic E-state index is 11.8. The second-order valence-electron chi connectivity index (χ2n) is 4.64. The van der Waals surface area contributed by atoms with Gasteiger partial charge in [-0.25, -0.2) is 15.0 Å². The number of aromatic nitrogens is 4. The van der Waals surface area contributed by atoms with Crippen LogP contribution in [0.25, 0.3) is 10.2 Å². The van der Waals surface area contributed by atoms with Crippen molar-refractivity contribution < 1.29 is 4.79 Å². The number of anilines is 2. The number of hydrogen-bond donors (Lipinski definition) is 3. The van der Waals surface area contributed by atoms with Crippen LogP contribution in [0, 0.1) is 0 Å². The Labute approximate surface area is 131 Å². The van der Waals surface area contributed by atoms with Crippen molar-refractivity contribution in [3.05, 3.63) is 29.7 Å². The molecule has 3 aromatic rings. The number of H-pyrrole nitrogens is 1. The summed E-state index contributed by atoms with van der Waals surface area (Å²) in [7, 11) is 0. The molecule has 0 aliphatic carbocycles. The number of carbonyl (C=O) groups is 1. The smallest absolute Gasteiger partial charge is 0.228 e. The summed E-state index contributed by atoms with van der Waals surface area (Å²) in [4.78, 5) is 28.5. The number of rotatable bonds is 6. The van der Waals surface area contributed by atoms with Crippen molar-refractivity contribution in [1.29, 1.82) is 0 Å². The molecule has 3 N–H and O–H groups in total. The molecule has 0 radical (unpaired) electrons. The van der Waals surface area contributed by atoms with Crippen molar-refractivity contribution in [2.24, 2.45) is 0 Å². The first kappa shape index (κ1) is 14.5. The van der Waals surface area contributed by atoms with Crippen LogP contribution in [0.1, 0.15) is 19.2 Å². The zero-order valence-electron chi connectivity index (χ0n) is 12.1. The quantitative estimate of drug-likeness (QED) is 0.649. The lowest BCUT2D eigenvalue weighted by molar-refractivity contribution is -0.116. The van der Waals surface area contributed by atoms with Crippen LogP contribution >= 0.6 is 11.3 Å². The largest absolute Gasteiger partial charge is 0.369 e. The highest BCUT2D eigenvalue weighted by Gasteiger charge is 2.09. The van der Waals surface area contributed by atoms with E-state index in [1.54, 1.807) is 23.7 Å². The monoisotopic (exact) mass is 316 g/mol. The van der Waals surface area contributed by atoms with E-state index in [1.807, 2.05) is 18.4 Å². The van der Waals surface area contributed by atoms with E-state index in [4.69, 9.17) is 0 Å². The number of nitrogens with zero attached hydrogens (tertiary/aromatic N) is 3. The predicted molar refractivity (Wildman–Crippen MR) is 87.1 cm³/mol. The number of hydrogen-bond acceptors (Lipinski definition) is 6. The van der Waals surface area contributed by atoms with Gasteiger partial charge in [0.2, 0.25) is 11.9 Å². The number of carbonyl (C=O) groups excluding carboxylic acids is 1. The average Bonchev–Trinajstić information content (AvgIpc) is 3.17. The summed E-state index contributed by atoms with van der Waals surface area (Å²) in [6.45, 7) is 2.52. The van der Waals surface area contributed by atoms with Gasteiger partial charge in [-0.15, -0.1) is 11.3 Å². The lowest BCUT2D eigenvalue weighted by Crippen LogP contribution is -2.17. The van der Waals surface area contributed by atoms with E-state index in [2.05, 4.69) is 30.6 Å². The Balaban J connectivity index is 1.61. The van der Waals surface area contributed by atoms with Crippen molar-refractivity contribution in [3.63, 3.8) is 0 Å². The van der Waals surface area contributed by atoms with E-state index in [9.17, 15) is 4.79 Å². The van der Waals surface area contributed by atoms with Gasteiger partial charge < -0.3 is 10.3 Å². The zero-order valence-corrected chi connectivity index (χ0v) is 12.9. The Morgan fingerprint density at radius 2 is 2.32 bits per heavy atom. The maximum absolute atomic E-state index is 11.8. The Kier molecular flexibility index (Phi) is 4.29. The van der Waals surface area contributed by atoms with Crippen LogP contribution in [0.3, 0.4) is 0 Å². The second kappa shape index (κ2) is 6.52. The molecule has 22 heavy (non-hydrogen) atoms. The number of nitrogens with one attached hydrogen (secondary N) is 3. The number of aryl methyl sites for hydroxylation is 1. The topological polar surface area (TPSA) is 95.6 Å². The molecule has 0 atom stereocenters. The van der Waals surface area contributed by atoms with Crippen LogP contribution in [0.5, 0.6) is 0 Å². The number of aromatic amines is 1. The van der Waals surface area contributed by atoms with Gasteiger partial charge >= 0.3 is 0 Å². The van der Waals surface area contributed by atoms with Crippen LogP contribution < -0.4 is 10.6 Å². The number of thiophene rings is 1. The Morgan fingerprint density at radius 1 is 1.41 bits per heavy atom. The molecule has 3 heterocycles. The van der Waals surface area contributed by atoms with Gasteiger partial charge in [0, 0.05) is 31.8 Å². The number of imidazole rings is 1. The molecule has 0 aliphatic heterocycles. The molecule has 1 amide bonds. The Morgan fingerprint density at radius 3 is 3.09 bits per heavy atom. The SMILES string of the molecule is CCc1nc(NCCC(=O)Nc2ncc[nH]2)c2ccsc2n1. The van der Waals surface area contributed by atoms with E-state index in [1.165, 1.54) is 0 Å². The highest BCUT2D eigenvalue weighted by Crippen LogP contribution is 2.25. The minimum Gasteiger partial charge on any atom is -0.369 e. The molecular weight excluding hydrogens is 300 g/mol. The van der Waals surface area contributed by atoms with Crippen molar-refractivity contribution in [2.75, 3.05) is 17.2 Å². The standard InChI is InChI=1S/C14H16N6OS/c1-2-10-18-12(9-4-8-22-13(9)19-10)15-5-3-11(21)20-14-16-6-7-17-14/h4,6-8H,2-3,5H2,1H3,(H,15,18,19)(H2,16,17,20,21). The van der Waals surface area contributed by atoms with Gasteiger partial charge in [0.25, 0.3) is 0 Å². The van der Waals surface area contributed by atoms with Gasteiger partial charge in [0.15, 0.2) is 0 Å². The molecule has 0 saturated carbocycles. The molecule has 3 rings (SSSR count). The van der Waals surface area contributed by atoms with E-state index >= 15 is 0 Å². The lowest BCUT2D eigenvalue weighted by Gasteiger charge is -2.08. The van der Waals surface area contributed by atoms with Crippen LogP contribution in [0.15, 0.2) is 23.8 Å². The first-order valence-electron chi connectivity index (χ1n) is 7.03. The predicted octanol–water partition coefficient (Wildman–Crippen LogP) is 2.42. The zero-order chi connectivity index (χ0) is 15.4. The van der Waals surface area contributed by atoms with Gasteiger partial charge in [0.1, 0.15) is 16.5 Å². The summed E-state index contributed by atoms with van der Waals surface area (Å²) >= 11 is 1.59. The minimum absolute atomic E-state index is 0.103. The Bertz CT molecular complexity index is 767. The van der Waals surface area contributed by atoms with E-state index in [0.717, 1.165) is 28.3 Å². The van der Waals surface area contributed by atoms with Crippen molar-refractivity contribution in [3.8, 4) is 0 Å². The normalized spacial score (nSPS) is 10.8. The molecule has 0 bridgehead atoms. The highest BCUT2D eigenvalue weighted by molar-refractivity contribution is 7.16. The molecule has 114 valence electrons. The highest BCUT2D eigenvalue weighted by atomic mass is 32.1. The Hall–Kier alpha value is -2.48. The fraction of sp³-hybridized carbons (Fsp3) is 0.286. The molecular formula is C14H16N6OS. The molecule has 0 unspecified atom stereocenters. The molecule has 0 aliphatic rings. The van der Waals surface area contributed by atoms with Gasteiger partial charge in [0.05, 0.1) is 5.39 Å². The first-order valence-corrected chi connectivity index (χ1v) is 7.91. The van der Waals surface area contributed by atoms with E-state index in [-0.39, 0.29) is 5.91 Å². The summed E-state index contributed by atoms with van der Waals surface area (Å²) in [6.07, 6.45) is 4.36. The van der Waals surface area contributed by atoms with Crippen LogP contribution in [0.4, 0.5) is 11.8 Å². The van der Waals surface area contributed by atoms with Gasteiger partial charge in [-0.3, -0.25) is 10.1 Å².